The summed E-state index contributed by atoms with van der Waals surface area (Å²) in [4.78, 5) is 10.1. The molecule has 0 fully saturated rings. The van der Waals surface area contributed by atoms with E-state index < -0.39 is 4.92 Å². The van der Waals surface area contributed by atoms with Crippen molar-refractivity contribution in [3.8, 4) is 11.8 Å². The first-order valence-corrected chi connectivity index (χ1v) is 4.77. The van der Waals surface area contributed by atoms with Gasteiger partial charge < -0.3 is 4.74 Å². The Morgan fingerprint density at radius 2 is 2.33 bits per heavy atom. The van der Waals surface area contributed by atoms with Gasteiger partial charge in [-0.1, -0.05) is 0 Å². The summed E-state index contributed by atoms with van der Waals surface area (Å²) >= 11 is 3.07. The molecule has 78 valence electrons. The quantitative estimate of drug-likeness (QED) is 0.624. The maximum Gasteiger partial charge on any atom is 0.287 e. The van der Waals surface area contributed by atoms with Crippen LogP contribution in [0, 0.1) is 21.4 Å². The molecule has 0 spiro atoms. The van der Waals surface area contributed by atoms with E-state index in [2.05, 4.69) is 15.9 Å². The largest absolute Gasteiger partial charge is 0.496 e. The van der Waals surface area contributed by atoms with Crippen LogP contribution < -0.4 is 4.74 Å². The third-order valence-electron chi connectivity index (χ3n) is 1.82. The molecule has 0 N–H and O–H groups in total. The SMILES string of the molecule is COc1cc([N+](=O)[O-])c(Br)cc1CC#N. The molecule has 0 aliphatic carbocycles. The first-order valence-electron chi connectivity index (χ1n) is 3.98. The van der Waals surface area contributed by atoms with Crippen LogP contribution >= 0.6 is 15.9 Å². The van der Waals surface area contributed by atoms with Crippen LogP contribution in [0.5, 0.6) is 5.75 Å². The zero-order chi connectivity index (χ0) is 11.4. The summed E-state index contributed by atoms with van der Waals surface area (Å²) in [7, 11) is 1.41. The van der Waals surface area contributed by atoms with Crippen LogP contribution in [0.1, 0.15) is 5.56 Å². The zero-order valence-electron chi connectivity index (χ0n) is 7.86. The number of benzene rings is 1. The maximum atomic E-state index is 10.6. The molecule has 0 saturated heterocycles. The minimum absolute atomic E-state index is 0.0754. The summed E-state index contributed by atoms with van der Waals surface area (Å²) in [6.07, 6.45) is 0.153. The maximum absolute atomic E-state index is 10.6. The molecule has 0 bridgehead atoms. The van der Waals surface area contributed by atoms with Crippen LogP contribution in [-0.4, -0.2) is 12.0 Å². The molecule has 0 aliphatic rings. The van der Waals surface area contributed by atoms with Crippen LogP contribution in [-0.2, 0) is 6.42 Å². The molecule has 15 heavy (non-hydrogen) atoms. The van der Waals surface area contributed by atoms with Crippen molar-refractivity contribution < 1.29 is 9.66 Å². The van der Waals surface area contributed by atoms with E-state index in [1.807, 2.05) is 6.07 Å². The lowest BCUT2D eigenvalue weighted by Crippen LogP contribution is -1.96. The highest BCUT2D eigenvalue weighted by atomic mass is 79.9. The van der Waals surface area contributed by atoms with Crippen molar-refractivity contribution in [2.45, 2.75) is 6.42 Å². The minimum atomic E-state index is -0.511. The van der Waals surface area contributed by atoms with E-state index in [-0.39, 0.29) is 12.1 Å². The Kier molecular flexibility index (Phi) is 3.63. The molecule has 1 aromatic carbocycles. The number of nitriles is 1. The van der Waals surface area contributed by atoms with Crippen molar-refractivity contribution in [1.82, 2.24) is 0 Å². The monoisotopic (exact) mass is 270 g/mol. The number of methoxy groups -OCH3 is 1. The molecular weight excluding hydrogens is 264 g/mol. The van der Waals surface area contributed by atoms with Gasteiger partial charge in [-0.05, 0) is 22.0 Å². The van der Waals surface area contributed by atoms with Crippen LogP contribution in [0.3, 0.4) is 0 Å². The molecule has 0 amide bonds. The van der Waals surface area contributed by atoms with E-state index in [4.69, 9.17) is 10.00 Å². The third kappa shape index (κ3) is 2.44. The lowest BCUT2D eigenvalue weighted by Gasteiger charge is -2.06. The van der Waals surface area contributed by atoms with Crippen LogP contribution in [0.25, 0.3) is 0 Å². The summed E-state index contributed by atoms with van der Waals surface area (Å²) in [6, 6.07) is 4.79. The minimum Gasteiger partial charge on any atom is -0.496 e. The summed E-state index contributed by atoms with van der Waals surface area (Å²) in [5, 5.41) is 19.2. The third-order valence-corrected chi connectivity index (χ3v) is 2.45. The number of hydrogen-bond acceptors (Lipinski definition) is 4. The van der Waals surface area contributed by atoms with Gasteiger partial charge in [0.1, 0.15) is 5.75 Å². The van der Waals surface area contributed by atoms with Gasteiger partial charge in [0.15, 0.2) is 0 Å². The van der Waals surface area contributed by atoms with Crippen LogP contribution in [0.2, 0.25) is 0 Å². The summed E-state index contributed by atoms with van der Waals surface area (Å²) < 4.78 is 5.31. The predicted octanol–water partition coefficient (Wildman–Crippen LogP) is 2.43. The molecule has 1 aromatic rings. The molecule has 0 unspecified atom stereocenters. The second kappa shape index (κ2) is 4.75. The van der Waals surface area contributed by atoms with Gasteiger partial charge in [-0.2, -0.15) is 5.26 Å². The van der Waals surface area contributed by atoms with Gasteiger partial charge in [0, 0.05) is 5.56 Å². The number of hydrogen-bond donors (Lipinski definition) is 0. The second-order valence-corrected chi connectivity index (χ2v) is 3.56. The average molecular weight is 271 g/mol. The first kappa shape index (κ1) is 11.5. The van der Waals surface area contributed by atoms with E-state index in [9.17, 15) is 10.1 Å². The number of nitro groups is 1. The number of ether oxygens (including phenoxy) is 1. The van der Waals surface area contributed by atoms with E-state index in [0.717, 1.165) is 0 Å². The fraction of sp³-hybridized carbons (Fsp3) is 0.222. The lowest BCUT2D eigenvalue weighted by atomic mass is 10.1. The first-order chi connectivity index (χ1) is 7.10. The molecule has 1 rings (SSSR count). The van der Waals surface area contributed by atoms with Gasteiger partial charge in [0.2, 0.25) is 0 Å². The summed E-state index contributed by atoms with van der Waals surface area (Å²) in [5.74, 6) is 0.353. The Balaban J connectivity index is 3.30. The van der Waals surface area contributed by atoms with Gasteiger partial charge in [-0.3, -0.25) is 10.1 Å². The Morgan fingerprint density at radius 3 is 2.80 bits per heavy atom. The Morgan fingerprint density at radius 1 is 1.67 bits per heavy atom. The average Bonchev–Trinajstić information content (AvgIpc) is 2.18. The van der Waals surface area contributed by atoms with Crippen molar-refractivity contribution in [1.29, 1.82) is 5.26 Å². The number of rotatable bonds is 3. The van der Waals surface area contributed by atoms with Crippen molar-refractivity contribution >= 4 is 21.6 Å². The van der Waals surface area contributed by atoms with E-state index in [1.54, 1.807) is 0 Å². The summed E-state index contributed by atoms with van der Waals surface area (Å²) in [5.41, 5.74) is 0.547. The molecule has 0 radical (unpaired) electrons. The topological polar surface area (TPSA) is 76.2 Å². The summed E-state index contributed by atoms with van der Waals surface area (Å²) in [6.45, 7) is 0. The molecular formula is C9H7BrN2O3. The Labute approximate surface area is 94.6 Å². The van der Waals surface area contributed by atoms with Crippen molar-refractivity contribution in [2.24, 2.45) is 0 Å². The lowest BCUT2D eigenvalue weighted by molar-refractivity contribution is -0.385. The molecule has 0 aliphatic heterocycles. The van der Waals surface area contributed by atoms with Gasteiger partial charge >= 0.3 is 0 Å². The molecule has 0 heterocycles. The fourth-order valence-corrected chi connectivity index (χ4v) is 1.67. The number of halogens is 1. The smallest absolute Gasteiger partial charge is 0.287 e. The van der Waals surface area contributed by atoms with Gasteiger partial charge in [0.05, 0.1) is 35.1 Å². The van der Waals surface area contributed by atoms with Crippen LogP contribution in [0.15, 0.2) is 16.6 Å². The highest BCUT2D eigenvalue weighted by molar-refractivity contribution is 9.10. The van der Waals surface area contributed by atoms with Gasteiger partial charge in [-0.25, -0.2) is 0 Å². The van der Waals surface area contributed by atoms with Crippen molar-refractivity contribution in [3.63, 3.8) is 0 Å². The molecule has 0 saturated carbocycles. The molecule has 6 heteroatoms. The van der Waals surface area contributed by atoms with Gasteiger partial charge in [0.25, 0.3) is 5.69 Å². The molecule has 0 aromatic heterocycles. The highest BCUT2D eigenvalue weighted by Gasteiger charge is 2.16. The predicted molar refractivity (Wildman–Crippen MR) is 56.7 cm³/mol. The van der Waals surface area contributed by atoms with Gasteiger partial charge in [-0.15, -0.1) is 0 Å². The number of nitrogens with zero attached hydrogens (tertiary/aromatic N) is 2. The van der Waals surface area contributed by atoms with E-state index >= 15 is 0 Å². The standard InChI is InChI=1S/C9H7BrN2O3/c1-15-9-5-8(12(13)14)7(10)4-6(9)2-3-11/h4-5H,2H2,1H3. The Hall–Kier alpha value is -1.61. The number of nitro benzene ring substituents is 1. The van der Waals surface area contributed by atoms with E-state index in [0.29, 0.717) is 15.8 Å². The highest BCUT2D eigenvalue weighted by Crippen LogP contribution is 2.32. The molecule has 0 atom stereocenters. The zero-order valence-corrected chi connectivity index (χ0v) is 9.44. The normalized spacial score (nSPS) is 9.40. The van der Waals surface area contributed by atoms with Crippen molar-refractivity contribution in [3.05, 3.63) is 32.3 Å². The molecule has 5 nitrogen and oxygen atoms in total. The fourth-order valence-electron chi connectivity index (χ4n) is 1.14. The van der Waals surface area contributed by atoms with E-state index in [1.165, 1.54) is 19.2 Å². The second-order valence-electron chi connectivity index (χ2n) is 2.71. The van der Waals surface area contributed by atoms with Crippen LogP contribution in [0.4, 0.5) is 5.69 Å². The van der Waals surface area contributed by atoms with Crippen molar-refractivity contribution in [2.75, 3.05) is 7.11 Å². The Bertz CT molecular complexity index is 440.